The zero-order chi connectivity index (χ0) is 38.9. The van der Waals surface area contributed by atoms with Crippen molar-refractivity contribution in [2.75, 3.05) is 20.2 Å². The number of hydrogen-bond donors (Lipinski definition) is 5. The molecule has 6 N–H and O–H groups in total. The van der Waals surface area contributed by atoms with Gasteiger partial charge in [-0.1, -0.05) is 104 Å². The van der Waals surface area contributed by atoms with Crippen LogP contribution in [0.4, 0.5) is 4.79 Å². The average molecular weight is 719 g/mol. The van der Waals surface area contributed by atoms with Gasteiger partial charge in [0.05, 0.1) is 11.9 Å². The predicted molar refractivity (Wildman–Crippen MR) is 216 cm³/mol. The van der Waals surface area contributed by atoms with E-state index in [9.17, 15) is 9.59 Å². The van der Waals surface area contributed by atoms with Gasteiger partial charge in [-0.3, -0.25) is 4.79 Å². The fourth-order valence-corrected chi connectivity index (χ4v) is 7.43. The Morgan fingerprint density at radius 2 is 1.69 bits per heavy atom. The Balaban J connectivity index is 1.70. The van der Waals surface area contributed by atoms with Crippen LogP contribution in [0.2, 0.25) is 0 Å². The Morgan fingerprint density at radius 1 is 1.00 bits per heavy atom. The number of ether oxygens (including phenoxy) is 1. The van der Waals surface area contributed by atoms with Crippen LogP contribution in [0.3, 0.4) is 0 Å². The Kier molecular flexibility index (Phi) is 15.3. The van der Waals surface area contributed by atoms with Crippen molar-refractivity contribution in [3.05, 3.63) is 85.1 Å². The van der Waals surface area contributed by atoms with Crippen molar-refractivity contribution in [2.45, 2.75) is 112 Å². The van der Waals surface area contributed by atoms with Crippen LogP contribution in [-0.2, 0) is 9.53 Å². The topological polar surface area (TPSA) is 121 Å². The van der Waals surface area contributed by atoms with E-state index < -0.39 is 12.1 Å². The summed E-state index contributed by atoms with van der Waals surface area (Å²) in [6.07, 6.45) is 14.9. The number of allylic oxidation sites excluding steroid dienone is 8. The van der Waals surface area contributed by atoms with Crippen LogP contribution in [0.25, 0.3) is 0 Å². The maximum absolute atomic E-state index is 14.5. The van der Waals surface area contributed by atoms with Gasteiger partial charge in [-0.05, 0) is 92.4 Å². The molecule has 0 radical (unpaired) electrons. The van der Waals surface area contributed by atoms with E-state index in [0.29, 0.717) is 35.8 Å². The quantitative estimate of drug-likeness (QED) is 0.0839. The number of nitrogens with one attached hydrogen (secondary N) is 4. The standard InChI is InChI=1S/C43H70N6O3/c1-26(2)18-37(19-28(5)30(7)44)46-31(8)29(6)38-23-36(38)24-49(13)41(50)40(35-21-33-16-14-15-17-34(20-33)22-35)48-32(9)47-39(43(10,11)12)25-52-42(51)45-27(3)4/h14-17,20,26-27,29,33,35-40,46-48H,5,7-9,18-19,21-25,44H2,1-4,6,10-13H3,(H,45,51)/t29?,33?,35?,36-,37?,38+,39?,40?/m0/s1. The summed E-state index contributed by atoms with van der Waals surface area (Å²) in [7, 11) is 1.93. The monoisotopic (exact) mass is 719 g/mol. The fourth-order valence-electron chi connectivity index (χ4n) is 7.43. The van der Waals surface area contributed by atoms with Crippen LogP contribution in [0.15, 0.2) is 85.1 Å². The molecule has 0 aliphatic heterocycles. The summed E-state index contributed by atoms with van der Waals surface area (Å²) in [5, 5.41) is 13.5. The molecule has 52 heavy (non-hydrogen) atoms. The largest absolute Gasteiger partial charge is 0.447 e. The van der Waals surface area contributed by atoms with Crippen LogP contribution < -0.4 is 27.0 Å². The molecule has 0 aromatic carbocycles. The molecule has 0 aromatic heterocycles. The number of nitrogens with two attached hydrogens (primary N) is 1. The number of carbonyl (C=O) groups is 2. The molecule has 8 atom stereocenters. The molecule has 1 saturated carbocycles. The van der Waals surface area contributed by atoms with Crippen molar-refractivity contribution >= 4 is 12.0 Å². The zero-order valence-electron chi connectivity index (χ0n) is 33.7. The SMILES string of the molecule is C=C(NC(C(=O)N(C)C[C@@H]1C[C@@H]1C(C)C(=C)NC(CC(=C)C(=C)N)CC(C)C)C1CC2=CC(C=CC=C2)C1)NC(COC(=O)NC(C)C)C(C)(C)C. The summed E-state index contributed by atoms with van der Waals surface area (Å²) in [5.74, 6) is 2.58. The van der Waals surface area contributed by atoms with Gasteiger partial charge >= 0.3 is 6.09 Å². The summed E-state index contributed by atoms with van der Waals surface area (Å²) < 4.78 is 5.57. The van der Waals surface area contributed by atoms with E-state index in [4.69, 9.17) is 10.5 Å². The highest BCUT2D eigenvalue weighted by Gasteiger charge is 2.44. The van der Waals surface area contributed by atoms with E-state index in [0.717, 1.165) is 43.4 Å². The molecule has 3 rings (SSSR count). The predicted octanol–water partition coefficient (Wildman–Crippen LogP) is 7.30. The van der Waals surface area contributed by atoms with Crippen LogP contribution in [0.5, 0.6) is 0 Å². The van der Waals surface area contributed by atoms with Crippen molar-refractivity contribution < 1.29 is 14.3 Å². The molecule has 3 aliphatic rings. The third kappa shape index (κ3) is 13.3. The molecule has 0 spiro atoms. The average Bonchev–Trinajstić information content (AvgIpc) is 3.82. The zero-order valence-corrected chi connectivity index (χ0v) is 33.7. The van der Waals surface area contributed by atoms with Crippen molar-refractivity contribution in [1.82, 2.24) is 26.2 Å². The maximum atomic E-state index is 14.5. The number of alkyl carbamates (subject to hydrolysis) is 1. The minimum Gasteiger partial charge on any atom is -0.447 e. The summed E-state index contributed by atoms with van der Waals surface area (Å²) >= 11 is 0. The molecule has 9 heteroatoms. The number of carbonyl (C=O) groups excluding carboxylic acids is 2. The highest BCUT2D eigenvalue weighted by Crippen LogP contribution is 2.47. The normalized spacial score (nSPS) is 22.9. The lowest BCUT2D eigenvalue weighted by Crippen LogP contribution is -2.54. The number of rotatable bonds is 20. The van der Waals surface area contributed by atoms with E-state index in [1.54, 1.807) is 0 Å². The van der Waals surface area contributed by atoms with Crippen molar-refractivity contribution in [3.8, 4) is 0 Å². The first kappa shape index (κ1) is 42.5. The number of likely N-dealkylation sites (N-methyl/N-ethyl adjacent to an activating group) is 1. The minimum atomic E-state index is -0.477. The van der Waals surface area contributed by atoms with Gasteiger partial charge in [0.1, 0.15) is 12.6 Å². The molecule has 1 fully saturated rings. The van der Waals surface area contributed by atoms with Crippen LogP contribution in [0, 0.1) is 40.9 Å². The first-order valence-corrected chi connectivity index (χ1v) is 19.3. The fraction of sp³-hybridized carbons (Fsp3) is 0.628. The summed E-state index contributed by atoms with van der Waals surface area (Å²) in [6.45, 7) is 34.3. The van der Waals surface area contributed by atoms with E-state index in [1.807, 2.05) is 25.8 Å². The maximum Gasteiger partial charge on any atom is 0.407 e. The van der Waals surface area contributed by atoms with Crippen molar-refractivity contribution in [1.29, 1.82) is 0 Å². The smallest absolute Gasteiger partial charge is 0.407 e. The highest BCUT2D eigenvalue weighted by molar-refractivity contribution is 5.82. The number of fused-ring (bicyclic) bond motifs is 1. The van der Waals surface area contributed by atoms with E-state index in [2.05, 4.69) is 120 Å². The molecule has 9 nitrogen and oxygen atoms in total. The van der Waals surface area contributed by atoms with Gasteiger partial charge in [0.25, 0.3) is 0 Å². The van der Waals surface area contributed by atoms with Gasteiger partial charge in [0, 0.05) is 37.1 Å². The van der Waals surface area contributed by atoms with Gasteiger partial charge in [0.2, 0.25) is 5.91 Å². The Morgan fingerprint density at radius 3 is 2.31 bits per heavy atom. The van der Waals surface area contributed by atoms with E-state index >= 15 is 0 Å². The van der Waals surface area contributed by atoms with Gasteiger partial charge in [-0.15, -0.1) is 0 Å². The Labute approximate surface area is 315 Å². The lowest BCUT2D eigenvalue weighted by atomic mass is 9.78. The lowest BCUT2D eigenvalue weighted by molar-refractivity contribution is -0.133. The molecule has 2 amide bonds. The first-order valence-electron chi connectivity index (χ1n) is 19.3. The van der Waals surface area contributed by atoms with Crippen molar-refractivity contribution in [3.63, 3.8) is 0 Å². The molecule has 0 heterocycles. The molecular weight excluding hydrogens is 649 g/mol. The highest BCUT2D eigenvalue weighted by atomic mass is 16.5. The van der Waals surface area contributed by atoms with Crippen molar-refractivity contribution in [2.24, 2.45) is 46.7 Å². The molecule has 2 bridgehead atoms. The molecule has 3 aliphatic carbocycles. The van der Waals surface area contributed by atoms with Gasteiger partial charge in [-0.25, -0.2) is 4.79 Å². The second kappa shape index (κ2) is 18.7. The molecule has 290 valence electrons. The Hall–Kier alpha value is -3.88. The summed E-state index contributed by atoms with van der Waals surface area (Å²) in [5.41, 5.74) is 9.36. The lowest BCUT2D eigenvalue weighted by Gasteiger charge is -2.37. The first-order chi connectivity index (χ1) is 24.2. The van der Waals surface area contributed by atoms with Gasteiger partial charge in [-0.2, -0.15) is 0 Å². The molecule has 6 unspecified atom stereocenters. The number of hydrogen-bond acceptors (Lipinski definition) is 7. The van der Waals surface area contributed by atoms with Gasteiger partial charge in [0.15, 0.2) is 0 Å². The van der Waals surface area contributed by atoms with E-state index in [1.165, 1.54) is 5.57 Å². The molecular formula is C43H70N6O3. The molecule has 0 aromatic rings. The molecule has 0 saturated heterocycles. The number of amides is 2. The number of nitrogens with zero attached hydrogens (tertiary/aromatic N) is 1. The third-order valence-electron chi connectivity index (χ3n) is 10.7. The van der Waals surface area contributed by atoms with Crippen LogP contribution >= 0.6 is 0 Å². The van der Waals surface area contributed by atoms with E-state index in [-0.39, 0.29) is 53.8 Å². The summed E-state index contributed by atoms with van der Waals surface area (Å²) in [4.78, 5) is 28.7. The van der Waals surface area contributed by atoms with Crippen LogP contribution in [0.1, 0.15) is 87.5 Å². The third-order valence-corrected chi connectivity index (χ3v) is 10.7. The summed E-state index contributed by atoms with van der Waals surface area (Å²) in [6, 6.07) is -0.536. The minimum absolute atomic E-state index is 0.0202. The second-order valence-electron chi connectivity index (χ2n) is 17.4. The van der Waals surface area contributed by atoms with Crippen LogP contribution in [-0.4, -0.2) is 61.3 Å². The second-order valence-corrected chi connectivity index (χ2v) is 17.4. The Bertz CT molecular complexity index is 1400. The van der Waals surface area contributed by atoms with Gasteiger partial charge < -0.3 is 36.6 Å².